The Morgan fingerprint density at radius 1 is 0.370 bits per heavy atom. The molecule has 54 heavy (non-hydrogen) atoms. The molecule has 5 aliphatic rings. The summed E-state index contributed by atoms with van der Waals surface area (Å²) >= 11 is 0. The van der Waals surface area contributed by atoms with Gasteiger partial charge in [-0.15, -0.1) is 0 Å². The Kier molecular flexibility index (Phi) is 17.0. The van der Waals surface area contributed by atoms with Crippen LogP contribution in [0.5, 0.6) is 0 Å². The fourth-order valence-corrected chi connectivity index (χ4v) is 6.73. The van der Waals surface area contributed by atoms with Gasteiger partial charge in [0.1, 0.15) is 91.6 Å². The van der Waals surface area contributed by atoms with Crippen molar-refractivity contribution in [1.82, 2.24) is 0 Å². The smallest absolute Gasteiger partial charge is 0.186 e. The lowest BCUT2D eigenvalue weighted by molar-refractivity contribution is -0.362. The highest BCUT2D eigenvalue weighted by molar-refractivity contribution is 4.92. The molecule has 5 aliphatic heterocycles. The molecule has 0 aliphatic carbocycles. The molecule has 21 heteroatoms. The number of hydrogen-bond donors (Lipinski definition) is 11. The molecule has 316 valence electrons. The average molecular weight is 791 g/mol. The lowest BCUT2D eigenvalue weighted by Gasteiger charge is -2.45. The average Bonchev–Trinajstić information content (AvgIpc) is 3.16. The summed E-state index contributed by atoms with van der Waals surface area (Å²) in [5.41, 5.74) is 0. The predicted molar refractivity (Wildman–Crippen MR) is 174 cm³/mol. The van der Waals surface area contributed by atoms with E-state index in [-0.39, 0.29) is 26.4 Å². The Labute approximate surface area is 311 Å². The Morgan fingerprint density at radius 2 is 0.685 bits per heavy atom. The maximum atomic E-state index is 10.8. The van der Waals surface area contributed by atoms with Crippen molar-refractivity contribution in [2.75, 3.05) is 39.6 Å². The summed E-state index contributed by atoms with van der Waals surface area (Å²) in [7, 11) is 0. The number of unbranched alkanes of at least 4 members (excludes halogenated alkanes) is 5. The molecule has 20 unspecified atom stereocenters. The molecule has 0 bridgehead atoms. The van der Waals surface area contributed by atoms with E-state index < -0.39 is 130 Å². The molecule has 5 rings (SSSR count). The number of ether oxygens (including phenoxy) is 10. The number of rotatable bonds is 16. The molecule has 0 spiro atoms. The third-order valence-electron chi connectivity index (χ3n) is 10.2. The third-order valence-corrected chi connectivity index (χ3v) is 10.2. The molecular formula is C33H58O21. The van der Waals surface area contributed by atoms with Gasteiger partial charge in [0.25, 0.3) is 0 Å². The summed E-state index contributed by atoms with van der Waals surface area (Å²) < 4.78 is 55.2. The van der Waals surface area contributed by atoms with Crippen molar-refractivity contribution in [1.29, 1.82) is 0 Å². The van der Waals surface area contributed by atoms with Crippen LogP contribution in [0.1, 0.15) is 45.4 Å². The van der Waals surface area contributed by atoms with Gasteiger partial charge in [-0.2, -0.15) is 0 Å². The highest BCUT2D eigenvalue weighted by Crippen LogP contribution is 2.30. The van der Waals surface area contributed by atoms with Crippen LogP contribution in [-0.4, -0.2) is 219 Å². The zero-order valence-electron chi connectivity index (χ0n) is 30.0. The molecule has 0 radical (unpaired) electrons. The maximum Gasteiger partial charge on any atom is 0.186 e. The SMILES string of the molecule is CCCCCCCCOC1OCC(OC2OCC(OC3OCC(OC4OCC(OC5OCC(O)C(O)C5O)C(O)C4O)C(O)C3O)C(O)C2O)C(O)C1O. The van der Waals surface area contributed by atoms with Crippen molar-refractivity contribution in [2.24, 2.45) is 0 Å². The number of aliphatic hydroxyl groups is 11. The van der Waals surface area contributed by atoms with E-state index in [1.807, 2.05) is 0 Å². The molecule has 21 nitrogen and oxygen atoms in total. The normalized spacial score (nSPS) is 47.8. The van der Waals surface area contributed by atoms with Crippen LogP contribution in [0.25, 0.3) is 0 Å². The highest BCUT2D eigenvalue weighted by atomic mass is 16.8. The highest BCUT2D eigenvalue weighted by Gasteiger charge is 2.50. The van der Waals surface area contributed by atoms with Crippen molar-refractivity contribution in [3.63, 3.8) is 0 Å². The summed E-state index contributed by atoms with van der Waals surface area (Å²) in [5.74, 6) is 0. The Balaban J connectivity index is 1.02. The van der Waals surface area contributed by atoms with Gasteiger partial charge in [-0.25, -0.2) is 0 Å². The maximum absolute atomic E-state index is 10.8. The van der Waals surface area contributed by atoms with Gasteiger partial charge in [0.15, 0.2) is 31.5 Å². The van der Waals surface area contributed by atoms with E-state index in [1.54, 1.807) is 0 Å². The van der Waals surface area contributed by atoms with Crippen molar-refractivity contribution in [2.45, 2.75) is 168 Å². The zero-order valence-corrected chi connectivity index (χ0v) is 30.0. The number of aliphatic hydroxyl groups excluding tert-OH is 11. The Bertz CT molecular complexity index is 1090. The van der Waals surface area contributed by atoms with Crippen LogP contribution in [-0.2, 0) is 47.4 Å². The van der Waals surface area contributed by atoms with Gasteiger partial charge in [0.05, 0.1) is 33.0 Å². The van der Waals surface area contributed by atoms with Crippen LogP contribution in [0, 0.1) is 0 Å². The van der Waals surface area contributed by atoms with E-state index in [4.69, 9.17) is 47.4 Å². The van der Waals surface area contributed by atoms with Gasteiger partial charge in [0.2, 0.25) is 0 Å². The van der Waals surface area contributed by atoms with E-state index in [2.05, 4.69) is 6.92 Å². The van der Waals surface area contributed by atoms with E-state index >= 15 is 0 Å². The quantitative estimate of drug-likeness (QED) is 0.0651. The molecule has 0 aromatic carbocycles. The van der Waals surface area contributed by atoms with Crippen molar-refractivity contribution in [3.8, 4) is 0 Å². The molecule has 0 aromatic rings. The second-order valence-electron chi connectivity index (χ2n) is 14.3. The van der Waals surface area contributed by atoms with Gasteiger partial charge in [-0.3, -0.25) is 0 Å². The minimum atomic E-state index is -1.78. The van der Waals surface area contributed by atoms with Gasteiger partial charge < -0.3 is 104 Å². The topological polar surface area (TPSA) is 315 Å². The minimum absolute atomic E-state index is 0.197. The first-order valence-electron chi connectivity index (χ1n) is 18.6. The van der Waals surface area contributed by atoms with Crippen LogP contribution >= 0.6 is 0 Å². The Hall–Kier alpha value is -0.840. The minimum Gasteiger partial charge on any atom is -0.388 e. The summed E-state index contributed by atoms with van der Waals surface area (Å²) in [6, 6.07) is 0. The first kappa shape index (κ1) is 44.3. The van der Waals surface area contributed by atoms with Gasteiger partial charge in [-0.1, -0.05) is 39.0 Å². The molecule has 0 aromatic heterocycles. The van der Waals surface area contributed by atoms with E-state index in [1.165, 1.54) is 6.42 Å². The van der Waals surface area contributed by atoms with E-state index in [9.17, 15) is 56.2 Å². The molecule has 5 saturated heterocycles. The predicted octanol–water partition coefficient (Wildman–Crippen LogP) is -5.34. The summed E-state index contributed by atoms with van der Waals surface area (Å²) in [6.07, 6.45) is -23.4. The van der Waals surface area contributed by atoms with Crippen molar-refractivity contribution < 1.29 is 104 Å². The first-order chi connectivity index (χ1) is 25.8. The van der Waals surface area contributed by atoms with E-state index in [0.717, 1.165) is 32.1 Å². The van der Waals surface area contributed by atoms with Crippen LogP contribution < -0.4 is 0 Å². The van der Waals surface area contributed by atoms with Crippen molar-refractivity contribution >= 4 is 0 Å². The van der Waals surface area contributed by atoms with Gasteiger partial charge in [-0.05, 0) is 6.42 Å². The monoisotopic (exact) mass is 790 g/mol. The second kappa shape index (κ2) is 20.7. The largest absolute Gasteiger partial charge is 0.388 e. The standard InChI is InChI=1S/C33H58O21/c1-2-3-4-5-6-7-8-45-29-25(41)20(36)15(10-47-29)52-31-27(43)22(38)17(12-49-31)54-33-28(44)23(39)18(13-50-33)53-32-26(42)21(37)16(11-48-32)51-30-24(40)19(35)14(34)9-46-30/h14-44H,2-13H2,1H3. The molecule has 0 amide bonds. The molecule has 0 saturated carbocycles. The summed E-state index contributed by atoms with van der Waals surface area (Å²) in [5, 5.41) is 115. The van der Waals surface area contributed by atoms with E-state index in [0.29, 0.717) is 6.61 Å². The third kappa shape index (κ3) is 10.8. The van der Waals surface area contributed by atoms with Crippen LogP contribution in [0.3, 0.4) is 0 Å². The lowest BCUT2D eigenvalue weighted by atomic mass is 10.0. The molecule has 5 heterocycles. The van der Waals surface area contributed by atoms with Gasteiger partial charge in [0, 0.05) is 6.61 Å². The number of hydrogen-bond acceptors (Lipinski definition) is 21. The molecule has 20 atom stereocenters. The molecule has 5 fully saturated rings. The fraction of sp³-hybridized carbons (Fsp3) is 1.00. The zero-order chi connectivity index (χ0) is 39.1. The van der Waals surface area contributed by atoms with Crippen molar-refractivity contribution in [3.05, 3.63) is 0 Å². The fourth-order valence-electron chi connectivity index (χ4n) is 6.73. The van der Waals surface area contributed by atoms with Crippen LogP contribution in [0.15, 0.2) is 0 Å². The summed E-state index contributed by atoms with van der Waals surface area (Å²) in [4.78, 5) is 0. The van der Waals surface area contributed by atoms with Crippen LogP contribution in [0.4, 0.5) is 0 Å². The first-order valence-corrected chi connectivity index (χ1v) is 18.6. The van der Waals surface area contributed by atoms with Gasteiger partial charge >= 0.3 is 0 Å². The molecule has 11 N–H and O–H groups in total. The van der Waals surface area contributed by atoms with Crippen LogP contribution in [0.2, 0.25) is 0 Å². The Morgan fingerprint density at radius 3 is 1.09 bits per heavy atom. The second-order valence-corrected chi connectivity index (χ2v) is 14.3. The lowest BCUT2D eigenvalue weighted by Crippen LogP contribution is -2.63. The summed E-state index contributed by atoms with van der Waals surface area (Å²) in [6.45, 7) is 0.750. The molecular weight excluding hydrogens is 732 g/mol.